The summed E-state index contributed by atoms with van der Waals surface area (Å²) in [6, 6.07) is 10.2. The number of hydrogen-bond acceptors (Lipinski definition) is 2. The van der Waals surface area contributed by atoms with E-state index in [2.05, 4.69) is 17.1 Å². The first kappa shape index (κ1) is 16.3. The summed E-state index contributed by atoms with van der Waals surface area (Å²) in [6.07, 6.45) is 10.7. The molecule has 0 unspecified atom stereocenters. The molecule has 0 N–H and O–H groups in total. The van der Waals surface area contributed by atoms with Gasteiger partial charge < -0.3 is 4.90 Å². The number of rotatable bonds is 4. The summed E-state index contributed by atoms with van der Waals surface area (Å²) in [5.41, 5.74) is 2.42. The van der Waals surface area contributed by atoms with Crippen LogP contribution in [0.25, 0.3) is 10.9 Å². The fourth-order valence-electron chi connectivity index (χ4n) is 6.68. The second-order valence-electron chi connectivity index (χ2n) is 9.34. The van der Waals surface area contributed by atoms with Crippen LogP contribution < -0.4 is 0 Å². The molecular weight excluding hydrogens is 320 g/mol. The summed E-state index contributed by atoms with van der Waals surface area (Å²) < 4.78 is 0. The number of fused-ring (bicyclic) bond motifs is 1. The second-order valence-corrected chi connectivity index (χ2v) is 9.34. The number of carbonyl (C=O) groups is 1. The minimum Gasteiger partial charge on any atom is -0.345 e. The van der Waals surface area contributed by atoms with E-state index in [1.165, 1.54) is 38.5 Å². The Bertz CT molecular complexity index is 802. The number of aromatic nitrogens is 1. The zero-order chi connectivity index (χ0) is 17.7. The molecule has 4 bridgehead atoms. The van der Waals surface area contributed by atoms with Crippen LogP contribution in [-0.2, 0) is 11.2 Å². The van der Waals surface area contributed by atoms with Crippen LogP contribution in [0.1, 0.15) is 44.1 Å². The van der Waals surface area contributed by atoms with E-state index >= 15 is 0 Å². The maximum Gasteiger partial charge on any atom is 0.226 e. The van der Waals surface area contributed by atoms with Gasteiger partial charge in [0, 0.05) is 25.2 Å². The molecular formula is C23H28N2O. The molecule has 136 valence electrons. The molecule has 0 aliphatic heterocycles. The molecule has 4 aliphatic rings. The summed E-state index contributed by atoms with van der Waals surface area (Å²) >= 11 is 0. The van der Waals surface area contributed by atoms with Gasteiger partial charge in [-0.1, -0.05) is 24.3 Å². The van der Waals surface area contributed by atoms with Gasteiger partial charge in [-0.25, -0.2) is 0 Å². The average molecular weight is 348 g/mol. The Hall–Kier alpha value is -1.90. The predicted octanol–water partition coefficient (Wildman–Crippen LogP) is 4.45. The summed E-state index contributed by atoms with van der Waals surface area (Å²) in [6.45, 7) is 0.952. The van der Waals surface area contributed by atoms with Gasteiger partial charge in [-0.15, -0.1) is 0 Å². The number of likely N-dealkylation sites (N-methyl/N-ethyl adjacent to an activating group) is 1. The van der Waals surface area contributed by atoms with Crippen LogP contribution in [0.15, 0.2) is 36.5 Å². The Morgan fingerprint density at radius 2 is 1.73 bits per heavy atom. The van der Waals surface area contributed by atoms with E-state index in [9.17, 15) is 4.79 Å². The average Bonchev–Trinajstić information content (AvgIpc) is 2.60. The maximum atomic E-state index is 13.0. The quantitative estimate of drug-likeness (QED) is 0.818. The Morgan fingerprint density at radius 3 is 2.42 bits per heavy atom. The number of nitrogens with zero attached hydrogens (tertiary/aromatic N) is 2. The Morgan fingerprint density at radius 1 is 1.08 bits per heavy atom. The lowest BCUT2D eigenvalue weighted by Crippen LogP contribution is -2.51. The minimum atomic E-state index is 0.235. The highest BCUT2D eigenvalue weighted by Gasteiger charge is 2.51. The zero-order valence-corrected chi connectivity index (χ0v) is 15.7. The normalized spacial score (nSPS) is 32.1. The number of carbonyl (C=O) groups excluding carboxylic acids is 1. The van der Waals surface area contributed by atoms with E-state index in [1.54, 1.807) is 0 Å². The molecule has 4 aliphatic carbocycles. The third-order valence-corrected chi connectivity index (χ3v) is 7.22. The van der Waals surface area contributed by atoms with Crippen molar-refractivity contribution in [2.45, 2.75) is 44.9 Å². The number of hydrogen-bond donors (Lipinski definition) is 0. The molecule has 26 heavy (non-hydrogen) atoms. The van der Waals surface area contributed by atoms with Gasteiger partial charge in [0.15, 0.2) is 0 Å². The largest absolute Gasteiger partial charge is 0.345 e. The van der Waals surface area contributed by atoms with Crippen LogP contribution >= 0.6 is 0 Å². The fraction of sp³-hybridized carbons (Fsp3) is 0.565. The summed E-state index contributed by atoms with van der Waals surface area (Å²) in [4.78, 5) is 19.5. The fourth-order valence-corrected chi connectivity index (χ4v) is 6.68. The van der Waals surface area contributed by atoms with E-state index in [1.807, 2.05) is 36.3 Å². The third kappa shape index (κ3) is 2.82. The van der Waals surface area contributed by atoms with Gasteiger partial charge in [-0.2, -0.15) is 0 Å². The molecule has 0 saturated heterocycles. The van der Waals surface area contributed by atoms with Crippen molar-refractivity contribution in [3.8, 4) is 0 Å². The van der Waals surface area contributed by atoms with Crippen molar-refractivity contribution in [1.29, 1.82) is 0 Å². The standard InChI is InChI=1S/C23H28N2O/c1-25(15-23-12-16-8-17(13-23)10-18(9-16)14-23)21(26)11-20-5-2-4-19-6-3-7-24-22(19)20/h2-7,16-18H,8-15H2,1H3. The maximum absolute atomic E-state index is 13.0. The molecule has 0 radical (unpaired) electrons. The zero-order valence-electron chi connectivity index (χ0n) is 15.7. The van der Waals surface area contributed by atoms with Gasteiger partial charge >= 0.3 is 0 Å². The lowest BCUT2D eigenvalue weighted by molar-refractivity contribution is -0.134. The lowest BCUT2D eigenvalue weighted by Gasteiger charge is -2.57. The monoisotopic (exact) mass is 348 g/mol. The van der Waals surface area contributed by atoms with E-state index in [4.69, 9.17) is 0 Å². The van der Waals surface area contributed by atoms with Crippen molar-refractivity contribution in [3.05, 3.63) is 42.1 Å². The van der Waals surface area contributed by atoms with E-state index in [0.717, 1.165) is 40.8 Å². The summed E-state index contributed by atoms with van der Waals surface area (Å²) in [5.74, 6) is 3.05. The van der Waals surface area contributed by atoms with Gasteiger partial charge in [-0.05, 0) is 73.3 Å². The first-order valence-corrected chi connectivity index (χ1v) is 10.2. The lowest BCUT2D eigenvalue weighted by atomic mass is 9.49. The van der Waals surface area contributed by atoms with Crippen molar-refractivity contribution in [2.24, 2.45) is 23.2 Å². The van der Waals surface area contributed by atoms with Crippen LogP contribution in [0.2, 0.25) is 0 Å². The SMILES string of the molecule is CN(CC12CC3CC(CC(C3)C1)C2)C(=O)Cc1cccc2cccnc12. The van der Waals surface area contributed by atoms with Crippen LogP contribution in [0, 0.1) is 23.2 Å². The number of para-hydroxylation sites is 1. The third-order valence-electron chi connectivity index (χ3n) is 7.22. The number of amides is 1. The molecule has 0 atom stereocenters. The highest BCUT2D eigenvalue weighted by Crippen LogP contribution is 2.60. The molecule has 3 heteroatoms. The van der Waals surface area contributed by atoms with Crippen molar-refractivity contribution >= 4 is 16.8 Å². The van der Waals surface area contributed by atoms with E-state index in [0.29, 0.717) is 11.8 Å². The molecule has 2 aromatic rings. The van der Waals surface area contributed by atoms with Crippen molar-refractivity contribution in [1.82, 2.24) is 9.88 Å². The highest BCUT2D eigenvalue weighted by atomic mass is 16.2. The van der Waals surface area contributed by atoms with Crippen molar-refractivity contribution < 1.29 is 4.79 Å². The molecule has 1 aromatic carbocycles. The van der Waals surface area contributed by atoms with E-state index in [-0.39, 0.29) is 5.91 Å². The first-order valence-electron chi connectivity index (χ1n) is 10.2. The molecule has 4 fully saturated rings. The Balaban J connectivity index is 1.31. The first-order chi connectivity index (χ1) is 12.6. The van der Waals surface area contributed by atoms with Gasteiger partial charge in [0.1, 0.15) is 0 Å². The molecule has 6 rings (SSSR count). The summed E-state index contributed by atoms with van der Waals surface area (Å²) in [7, 11) is 2.01. The molecule has 1 amide bonds. The number of pyridine rings is 1. The van der Waals surface area contributed by atoms with Crippen LogP contribution in [0.4, 0.5) is 0 Å². The topological polar surface area (TPSA) is 33.2 Å². The van der Waals surface area contributed by atoms with Gasteiger partial charge in [0.05, 0.1) is 11.9 Å². The van der Waals surface area contributed by atoms with Gasteiger partial charge in [0.25, 0.3) is 0 Å². The van der Waals surface area contributed by atoms with Crippen LogP contribution in [0.3, 0.4) is 0 Å². The van der Waals surface area contributed by atoms with Crippen molar-refractivity contribution in [2.75, 3.05) is 13.6 Å². The predicted molar refractivity (Wildman–Crippen MR) is 104 cm³/mol. The molecule has 0 spiro atoms. The molecule has 3 nitrogen and oxygen atoms in total. The minimum absolute atomic E-state index is 0.235. The molecule has 4 saturated carbocycles. The van der Waals surface area contributed by atoms with Gasteiger partial charge in [-0.3, -0.25) is 9.78 Å². The Labute approximate surface area is 155 Å². The van der Waals surface area contributed by atoms with Gasteiger partial charge in [0.2, 0.25) is 5.91 Å². The number of benzene rings is 1. The van der Waals surface area contributed by atoms with E-state index < -0.39 is 0 Å². The van der Waals surface area contributed by atoms with Crippen molar-refractivity contribution in [3.63, 3.8) is 0 Å². The second kappa shape index (κ2) is 6.07. The Kier molecular flexibility index (Phi) is 3.80. The molecule has 1 heterocycles. The van der Waals surface area contributed by atoms with Crippen LogP contribution in [0.5, 0.6) is 0 Å². The van der Waals surface area contributed by atoms with Crippen LogP contribution in [-0.4, -0.2) is 29.4 Å². The highest BCUT2D eigenvalue weighted by molar-refractivity contribution is 5.87. The molecule has 1 aromatic heterocycles. The smallest absolute Gasteiger partial charge is 0.226 e. The summed E-state index contributed by atoms with van der Waals surface area (Å²) in [5, 5.41) is 1.11.